The Morgan fingerprint density at radius 3 is 3.06 bits per heavy atom. The molecule has 1 saturated heterocycles. The standard InChI is InChI=1S/C12H14BrN3O/c1-12(4-5-17-7-12)16-10-6-8(13)2-3-9(10)15-11(16)14/h2-3,6H,4-5,7H2,1H3,(H2,14,15). The van der Waals surface area contributed by atoms with E-state index >= 15 is 0 Å². The van der Waals surface area contributed by atoms with Gasteiger partial charge in [0.25, 0.3) is 0 Å². The molecule has 5 heteroatoms. The molecule has 0 bridgehead atoms. The van der Waals surface area contributed by atoms with Crippen molar-refractivity contribution in [3.63, 3.8) is 0 Å². The van der Waals surface area contributed by atoms with Gasteiger partial charge in [0, 0.05) is 11.1 Å². The number of rotatable bonds is 1. The number of benzene rings is 1. The van der Waals surface area contributed by atoms with Gasteiger partial charge < -0.3 is 15.0 Å². The van der Waals surface area contributed by atoms with Crippen molar-refractivity contribution in [1.29, 1.82) is 0 Å². The molecule has 1 atom stereocenters. The van der Waals surface area contributed by atoms with Crippen LogP contribution in [-0.4, -0.2) is 22.8 Å². The number of halogens is 1. The largest absolute Gasteiger partial charge is 0.379 e. The number of nitrogen functional groups attached to an aromatic ring is 1. The molecule has 0 aliphatic carbocycles. The van der Waals surface area contributed by atoms with Gasteiger partial charge in [0.05, 0.1) is 23.2 Å². The molecular formula is C12H14BrN3O. The Bertz CT molecular complexity index is 572. The van der Waals surface area contributed by atoms with Gasteiger partial charge in [-0.2, -0.15) is 0 Å². The molecule has 1 aromatic carbocycles. The lowest BCUT2D eigenvalue weighted by atomic mass is 10.0. The summed E-state index contributed by atoms with van der Waals surface area (Å²) in [6, 6.07) is 6.01. The van der Waals surface area contributed by atoms with Crippen molar-refractivity contribution in [2.24, 2.45) is 0 Å². The third-order valence-corrected chi connectivity index (χ3v) is 3.87. The molecule has 0 spiro atoms. The molecule has 2 aromatic rings. The molecule has 1 aliphatic rings. The first-order chi connectivity index (χ1) is 8.10. The maximum atomic E-state index is 6.05. The molecule has 90 valence electrons. The lowest BCUT2D eigenvalue weighted by molar-refractivity contribution is 0.164. The molecule has 4 nitrogen and oxygen atoms in total. The molecule has 1 aliphatic heterocycles. The summed E-state index contributed by atoms with van der Waals surface area (Å²) >= 11 is 3.49. The Labute approximate surface area is 108 Å². The van der Waals surface area contributed by atoms with Gasteiger partial charge >= 0.3 is 0 Å². The zero-order valence-corrected chi connectivity index (χ0v) is 11.2. The highest BCUT2D eigenvalue weighted by molar-refractivity contribution is 9.10. The fraction of sp³-hybridized carbons (Fsp3) is 0.417. The van der Waals surface area contributed by atoms with E-state index in [-0.39, 0.29) is 5.54 Å². The maximum Gasteiger partial charge on any atom is 0.201 e. The van der Waals surface area contributed by atoms with Crippen molar-refractivity contribution in [3.05, 3.63) is 22.7 Å². The molecule has 17 heavy (non-hydrogen) atoms. The highest BCUT2D eigenvalue weighted by Crippen LogP contribution is 2.34. The molecule has 1 fully saturated rings. The van der Waals surface area contributed by atoms with Gasteiger partial charge in [-0.1, -0.05) is 15.9 Å². The number of fused-ring (bicyclic) bond motifs is 1. The molecule has 2 N–H and O–H groups in total. The van der Waals surface area contributed by atoms with E-state index in [9.17, 15) is 0 Å². The number of imidazole rings is 1. The van der Waals surface area contributed by atoms with E-state index < -0.39 is 0 Å². The van der Waals surface area contributed by atoms with E-state index in [1.54, 1.807) is 0 Å². The Hall–Kier alpha value is -1.07. The van der Waals surface area contributed by atoms with Gasteiger partial charge in [-0.25, -0.2) is 4.98 Å². The number of anilines is 1. The summed E-state index contributed by atoms with van der Waals surface area (Å²) < 4.78 is 8.64. The first-order valence-corrected chi connectivity index (χ1v) is 6.41. The fourth-order valence-electron chi connectivity index (χ4n) is 2.47. The minimum atomic E-state index is -0.0837. The molecule has 0 radical (unpaired) electrons. The summed E-state index contributed by atoms with van der Waals surface area (Å²) in [6.07, 6.45) is 0.967. The number of nitrogens with zero attached hydrogens (tertiary/aromatic N) is 2. The van der Waals surface area contributed by atoms with Crippen LogP contribution in [0.3, 0.4) is 0 Å². The van der Waals surface area contributed by atoms with Crippen LogP contribution < -0.4 is 5.73 Å². The highest BCUT2D eigenvalue weighted by Gasteiger charge is 2.34. The topological polar surface area (TPSA) is 53.1 Å². The summed E-state index contributed by atoms with van der Waals surface area (Å²) in [5.74, 6) is 0.561. The monoisotopic (exact) mass is 295 g/mol. The van der Waals surface area contributed by atoms with Crippen LogP contribution in [-0.2, 0) is 10.3 Å². The number of nitrogens with two attached hydrogens (primary N) is 1. The van der Waals surface area contributed by atoms with Crippen LogP contribution in [0.1, 0.15) is 13.3 Å². The van der Waals surface area contributed by atoms with Crippen LogP contribution in [0.15, 0.2) is 22.7 Å². The molecular weight excluding hydrogens is 282 g/mol. The van der Waals surface area contributed by atoms with Crippen LogP contribution >= 0.6 is 15.9 Å². The van der Waals surface area contributed by atoms with Crippen LogP contribution in [0.5, 0.6) is 0 Å². The molecule has 2 heterocycles. The summed E-state index contributed by atoms with van der Waals surface area (Å²) in [5, 5.41) is 0. The molecule has 0 saturated carbocycles. The fourth-order valence-corrected chi connectivity index (χ4v) is 2.82. The van der Waals surface area contributed by atoms with Gasteiger partial charge in [0.15, 0.2) is 0 Å². The van der Waals surface area contributed by atoms with Crippen LogP contribution in [0, 0.1) is 0 Å². The van der Waals surface area contributed by atoms with Crippen LogP contribution in [0.25, 0.3) is 11.0 Å². The number of hydrogen-bond donors (Lipinski definition) is 1. The van der Waals surface area contributed by atoms with E-state index in [4.69, 9.17) is 10.5 Å². The SMILES string of the molecule is CC1(n2c(N)nc3ccc(Br)cc32)CCOC1. The number of hydrogen-bond acceptors (Lipinski definition) is 3. The molecule has 1 aromatic heterocycles. The van der Waals surface area contributed by atoms with Gasteiger partial charge in [-0.15, -0.1) is 0 Å². The Balaban J connectivity index is 2.27. The normalized spacial score (nSPS) is 24.6. The van der Waals surface area contributed by atoms with Crippen LogP contribution in [0.2, 0.25) is 0 Å². The maximum absolute atomic E-state index is 6.05. The predicted octanol–water partition coefficient (Wildman–Crippen LogP) is 2.52. The number of ether oxygens (including phenoxy) is 1. The van der Waals surface area contributed by atoms with Crippen molar-refractivity contribution >= 4 is 32.9 Å². The average Bonchev–Trinajstić information content (AvgIpc) is 2.82. The Kier molecular flexibility index (Phi) is 2.41. The minimum absolute atomic E-state index is 0.0837. The molecule has 3 rings (SSSR count). The number of aromatic nitrogens is 2. The van der Waals surface area contributed by atoms with Gasteiger partial charge in [-0.05, 0) is 31.5 Å². The van der Waals surface area contributed by atoms with E-state index in [2.05, 4.69) is 38.5 Å². The van der Waals surface area contributed by atoms with Crippen molar-refractivity contribution in [3.8, 4) is 0 Å². The summed E-state index contributed by atoms with van der Waals surface area (Å²) in [7, 11) is 0. The smallest absolute Gasteiger partial charge is 0.201 e. The van der Waals surface area contributed by atoms with Crippen molar-refractivity contribution in [1.82, 2.24) is 9.55 Å². The Morgan fingerprint density at radius 1 is 1.53 bits per heavy atom. The third-order valence-electron chi connectivity index (χ3n) is 3.38. The lowest BCUT2D eigenvalue weighted by Crippen LogP contribution is -2.31. The van der Waals surface area contributed by atoms with Gasteiger partial charge in [0.1, 0.15) is 0 Å². The third kappa shape index (κ3) is 1.65. The van der Waals surface area contributed by atoms with Crippen LogP contribution in [0.4, 0.5) is 5.95 Å². The van der Waals surface area contributed by atoms with Crippen molar-refractivity contribution in [2.75, 3.05) is 18.9 Å². The minimum Gasteiger partial charge on any atom is -0.379 e. The lowest BCUT2D eigenvalue weighted by Gasteiger charge is -2.25. The van der Waals surface area contributed by atoms with Crippen molar-refractivity contribution < 1.29 is 4.74 Å². The van der Waals surface area contributed by atoms with E-state index in [1.807, 2.05) is 12.1 Å². The first kappa shape index (κ1) is 11.0. The molecule has 1 unspecified atom stereocenters. The second-order valence-corrected chi connectivity index (χ2v) is 5.65. The van der Waals surface area contributed by atoms with Gasteiger partial charge in [-0.3, -0.25) is 0 Å². The summed E-state index contributed by atoms with van der Waals surface area (Å²) in [5.41, 5.74) is 7.96. The Morgan fingerprint density at radius 2 is 2.35 bits per heavy atom. The summed E-state index contributed by atoms with van der Waals surface area (Å²) in [4.78, 5) is 4.41. The second kappa shape index (κ2) is 3.71. The van der Waals surface area contributed by atoms with E-state index in [0.29, 0.717) is 12.6 Å². The summed E-state index contributed by atoms with van der Waals surface area (Å²) in [6.45, 7) is 3.64. The quantitative estimate of drug-likeness (QED) is 0.879. The van der Waals surface area contributed by atoms with E-state index in [0.717, 1.165) is 28.5 Å². The zero-order valence-electron chi connectivity index (χ0n) is 9.61. The second-order valence-electron chi connectivity index (χ2n) is 4.74. The zero-order chi connectivity index (χ0) is 12.0. The first-order valence-electron chi connectivity index (χ1n) is 5.62. The van der Waals surface area contributed by atoms with E-state index in [1.165, 1.54) is 0 Å². The van der Waals surface area contributed by atoms with Crippen molar-refractivity contribution in [2.45, 2.75) is 18.9 Å². The van der Waals surface area contributed by atoms with Gasteiger partial charge in [0.2, 0.25) is 5.95 Å². The predicted molar refractivity (Wildman–Crippen MR) is 70.9 cm³/mol. The average molecular weight is 296 g/mol. The highest BCUT2D eigenvalue weighted by atomic mass is 79.9. The molecule has 0 amide bonds.